The molecule has 2 N–H and O–H groups in total. The van der Waals surface area contributed by atoms with Crippen LogP contribution in [0.15, 0.2) is 23.2 Å². The van der Waals surface area contributed by atoms with Gasteiger partial charge in [0.2, 0.25) is 0 Å². The molecule has 0 atom stereocenters. The minimum Gasteiger partial charge on any atom is -0.357 e. The van der Waals surface area contributed by atoms with Gasteiger partial charge in [-0.15, -0.1) is 0 Å². The van der Waals surface area contributed by atoms with E-state index >= 15 is 0 Å². The largest absolute Gasteiger partial charge is 0.401 e. The van der Waals surface area contributed by atoms with E-state index in [0.29, 0.717) is 25.5 Å². The molecule has 0 fully saturated rings. The van der Waals surface area contributed by atoms with Gasteiger partial charge in [-0.1, -0.05) is 6.07 Å². The van der Waals surface area contributed by atoms with Crippen LogP contribution in [0.5, 0.6) is 0 Å². The van der Waals surface area contributed by atoms with Crippen molar-refractivity contribution in [3.8, 4) is 0 Å². The maximum absolute atomic E-state index is 13.1. The number of alkyl halides is 3. The molecule has 0 radical (unpaired) electrons. The van der Waals surface area contributed by atoms with Crippen molar-refractivity contribution < 1.29 is 17.6 Å². The highest BCUT2D eigenvalue weighted by molar-refractivity contribution is 5.79. The monoisotopic (exact) mass is 362 g/mol. The molecular formula is C17H26F4N4. The van der Waals surface area contributed by atoms with Crippen molar-refractivity contribution in [2.75, 3.05) is 39.8 Å². The average Bonchev–Trinajstić information content (AvgIpc) is 2.47. The normalized spacial score (nSPS) is 12.6. The van der Waals surface area contributed by atoms with Crippen molar-refractivity contribution in [1.29, 1.82) is 0 Å². The smallest absolute Gasteiger partial charge is 0.357 e. The van der Waals surface area contributed by atoms with Crippen molar-refractivity contribution in [2.24, 2.45) is 4.99 Å². The fourth-order valence-electron chi connectivity index (χ4n) is 2.31. The van der Waals surface area contributed by atoms with Gasteiger partial charge < -0.3 is 10.6 Å². The van der Waals surface area contributed by atoms with Crippen LogP contribution in [0.3, 0.4) is 0 Å². The molecule has 0 aromatic heterocycles. The number of guanidine groups is 1. The Morgan fingerprint density at radius 2 is 1.96 bits per heavy atom. The Balaban J connectivity index is 2.45. The zero-order chi connectivity index (χ0) is 18.9. The lowest BCUT2D eigenvalue weighted by atomic mass is 10.1. The zero-order valence-electron chi connectivity index (χ0n) is 14.9. The van der Waals surface area contributed by atoms with E-state index in [-0.39, 0.29) is 18.9 Å². The molecule has 8 heteroatoms. The van der Waals surface area contributed by atoms with Gasteiger partial charge in [-0.2, -0.15) is 13.2 Å². The van der Waals surface area contributed by atoms with Gasteiger partial charge in [0.15, 0.2) is 5.96 Å². The summed E-state index contributed by atoms with van der Waals surface area (Å²) in [5.41, 5.74) is 1.92. The summed E-state index contributed by atoms with van der Waals surface area (Å²) in [5, 5.41) is 6.19. The highest BCUT2D eigenvalue weighted by atomic mass is 19.4. The predicted molar refractivity (Wildman–Crippen MR) is 92.4 cm³/mol. The van der Waals surface area contributed by atoms with Crippen LogP contribution >= 0.6 is 0 Å². The molecule has 142 valence electrons. The van der Waals surface area contributed by atoms with Gasteiger partial charge in [-0.3, -0.25) is 9.89 Å². The third-order valence-corrected chi connectivity index (χ3v) is 3.54. The number of aryl methyl sites for hydroxylation is 1. The number of hydrogen-bond donors (Lipinski definition) is 2. The Hall–Kier alpha value is -1.83. The lowest BCUT2D eigenvalue weighted by molar-refractivity contribution is -0.142. The molecule has 1 aromatic carbocycles. The number of rotatable bonds is 8. The number of aliphatic imine (C=N–C) groups is 1. The van der Waals surface area contributed by atoms with Gasteiger partial charge in [0.05, 0.1) is 13.1 Å². The van der Waals surface area contributed by atoms with Crippen LogP contribution in [0.1, 0.15) is 18.1 Å². The number of nitrogens with one attached hydrogen (secondary N) is 2. The number of halogens is 4. The third-order valence-electron chi connectivity index (χ3n) is 3.54. The molecule has 1 aromatic rings. The Labute approximate surface area is 146 Å². The van der Waals surface area contributed by atoms with Crippen LogP contribution in [0, 0.1) is 12.7 Å². The summed E-state index contributed by atoms with van der Waals surface area (Å²) in [6.07, 6.45) is -3.50. The van der Waals surface area contributed by atoms with Gasteiger partial charge in [0, 0.05) is 19.6 Å². The van der Waals surface area contributed by atoms with E-state index in [9.17, 15) is 17.6 Å². The Morgan fingerprint density at radius 3 is 2.56 bits per heavy atom. The molecule has 1 rings (SSSR count). The van der Waals surface area contributed by atoms with Crippen LogP contribution in [0.25, 0.3) is 0 Å². The lowest BCUT2D eigenvalue weighted by Crippen LogP contribution is -2.39. The summed E-state index contributed by atoms with van der Waals surface area (Å²) in [6, 6.07) is 4.67. The van der Waals surface area contributed by atoms with Gasteiger partial charge in [-0.25, -0.2) is 4.39 Å². The maximum atomic E-state index is 13.1. The second-order valence-electron chi connectivity index (χ2n) is 5.86. The molecule has 0 amide bonds. The molecule has 0 heterocycles. The van der Waals surface area contributed by atoms with Crippen molar-refractivity contribution in [3.63, 3.8) is 0 Å². The number of nitrogens with zero attached hydrogens (tertiary/aromatic N) is 2. The SMILES string of the molecule is CCNC(=NCCN(C)CC(F)(F)F)NCCc1ccc(F)cc1C. The van der Waals surface area contributed by atoms with Gasteiger partial charge in [0.1, 0.15) is 5.82 Å². The number of hydrogen-bond acceptors (Lipinski definition) is 2. The first-order valence-electron chi connectivity index (χ1n) is 8.23. The van der Waals surface area contributed by atoms with Crippen LogP contribution in [0.2, 0.25) is 0 Å². The zero-order valence-corrected chi connectivity index (χ0v) is 14.9. The lowest BCUT2D eigenvalue weighted by Gasteiger charge is -2.18. The Kier molecular flexibility index (Phi) is 8.68. The van der Waals surface area contributed by atoms with E-state index in [1.165, 1.54) is 24.1 Å². The minimum atomic E-state index is -4.20. The fraction of sp³-hybridized carbons (Fsp3) is 0.588. The predicted octanol–water partition coefficient (Wildman–Crippen LogP) is 2.73. The quantitative estimate of drug-likeness (QED) is 0.424. The van der Waals surface area contributed by atoms with Gasteiger partial charge in [0.25, 0.3) is 0 Å². The van der Waals surface area contributed by atoms with Crippen molar-refractivity contribution in [1.82, 2.24) is 15.5 Å². The van der Waals surface area contributed by atoms with E-state index in [4.69, 9.17) is 0 Å². The van der Waals surface area contributed by atoms with Crippen LogP contribution < -0.4 is 10.6 Å². The first-order chi connectivity index (χ1) is 11.7. The van der Waals surface area contributed by atoms with E-state index in [2.05, 4.69) is 15.6 Å². The van der Waals surface area contributed by atoms with E-state index in [0.717, 1.165) is 11.1 Å². The summed E-state index contributed by atoms with van der Waals surface area (Å²) in [6.45, 7) is 4.54. The summed E-state index contributed by atoms with van der Waals surface area (Å²) in [7, 11) is 1.42. The second-order valence-corrected chi connectivity index (χ2v) is 5.86. The number of likely N-dealkylation sites (N-methyl/N-ethyl adjacent to an activating group) is 1. The molecule has 0 aliphatic heterocycles. The van der Waals surface area contributed by atoms with E-state index in [1.54, 1.807) is 6.07 Å². The Morgan fingerprint density at radius 1 is 1.24 bits per heavy atom. The summed E-state index contributed by atoms with van der Waals surface area (Å²) in [4.78, 5) is 5.47. The van der Waals surface area contributed by atoms with Crippen LogP contribution in [0.4, 0.5) is 17.6 Å². The molecular weight excluding hydrogens is 336 g/mol. The highest BCUT2D eigenvalue weighted by Crippen LogP contribution is 2.15. The van der Waals surface area contributed by atoms with Crippen molar-refractivity contribution in [3.05, 3.63) is 35.1 Å². The van der Waals surface area contributed by atoms with Crippen LogP contribution in [-0.2, 0) is 6.42 Å². The molecule has 0 saturated carbocycles. The van der Waals surface area contributed by atoms with Crippen LogP contribution in [-0.4, -0.2) is 56.8 Å². The fourth-order valence-corrected chi connectivity index (χ4v) is 2.31. The first kappa shape index (κ1) is 21.2. The molecule has 0 aliphatic carbocycles. The molecule has 4 nitrogen and oxygen atoms in total. The standard InChI is InChI=1S/C17H26F4N4/c1-4-22-16(24-9-10-25(3)12-17(19,20)21)23-8-7-14-5-6-15(18)11-13(14)2/h5-6,11H,4,7-10,12H2,1-3H3,(H2,22,23,24). The summed E-state index contributed by atoms with van der Waals surface area (Å²) < 4.78 is 49.9. The first-order valence-corrected chi connectivity index (χ1v) is 8.23. The average molecular weight is 362 g/mol. The molecule has 0 spiro atoms. The van der Waals surface area contributed by atoms with Crippen molar-refractivity contribution in [2.45, 2.75) is 26.4 Å². The molecule has 0 bridgehead atoms. The topological polar surface area (TPSA) is 39.7 Å². The minimum absolute atomic E-state index is 0.215. The molecule has 0 aliphatic rings. The maximum Gasteiger partial charge on any atom is 0.401 e. The van der Waals surface area contributed by atoms with E-state index < -0.39 is 12.7 Å². The molecule has 0 unspecified atom stereocenters. The highest BCUT2D eigenvalue weighted by Gasteiger charge is 2.28. The number of benzene rings is 1. The summed E-state index contributed by atoms with van der Waals surface area (Å²) >= 11 is 0. The van der Waals surface area contributed by atoms with Gasteiger partial charge >= 0.3 is 6.18 Å². The van der Waals surface area contributed by atoms with E-state index in [1.807, 2.05) is 13.8 Å². The molecule has 0 saturated heterocycles. The molecule has 25 heavy (non-hydrogen) atoms. The van der Waals surface area contributed by atoms with Gasteiger partial charge in [-0.05, 0) is 50.6 Å². The van der Waals surface area contributed by atoms with Crippen molar-refractivity contribution >= 4 is 5.96 Å². The Bertz CT molecular complexity index is 558. The third kappa shape index (κ3) is 9.28. The second kappa shape index (κ2) is 10.2. The summed E-state index contributed by atoms with van der Waals surface area (Å²) in [5.74, 6) is 0.301.